The molecular weight excluding hydrogens is 368 g/mol. The quantitative estimate of drug-likeness (QED) is 0.643. The van der Waals surface area contributed by atoms with Gasteiger partial charge in [0.15, 0.2) is 11.5 Å². The monoisotopic (exact) mass is 396 g/mol. The summed E-state index contributed by atoms with van der Waals surface area (Å²) in [7, 11) is 0. The summed E-state index contributed by atoms with van der Waals surface area (Å²) in [5.41, 5.74) is 0.691. The first kappa shape index (κ1) is 20.7. The third kappa shape index (κ3) is 5.73. The number of rotatable bonds is 8. The van der Waals surface area contributed by atoms with Gasteiger partial charge in [0.1, 0.15) is 0 Å². The molecule has 0 spiro atoms. The number of para-hydroxylation sites is 2. The largest absolute Gasteiger partial charge is 0.490 e. The lowest BCUT2D eigenvalue weighted by Gasteiger charge is -2.35. The Balaban J connectivity index is 1.39. The van der Waals surface area contributed by atoms with Crippen molar-refractivity contribution in [2.24, 2.45) is 0 Å². The first-order valence-corrected chi connectivity index (χ1v) is 10.2. The molecule has 6 nitrogen and oxygen atoms in total. The number of carbonyl (C=O) groups excluding carboxylic acids is 2. The van der Waals surface area contributed by atoms with Crippen molar-refractivity contribution in [2.45, 2.75) is 19.8 Å². The Labute approximate surface area is 172 Å². The number of benzene rings is 2. The zero-order valence-electron chi connectivity index (χ0n) is 16.9. The second kappa shape index (κ2) is 10.5. The Kier molecular flexibility index (Phi) is 7.50. The fourth-order valence-electron chi connectivity index (χ4n) is 3.33. The van der Waals surface area contributed by atoms with Crippen LogP contribution in [-0.2, 0) is 4.79 Å². The van der Waals surface area contributed by atoms with Crippen LogP contribution in [0.5, 0.6) is 11.5 Å². The van der Waals surface area contributed by atoms with E-state index < -0.39 is 0 Å². The predicted octanol–water partition coefficient (Wildman–Crippen LogP) is 3.23. The molecule has 0 unspecified atom stereocenters. The number of hydrogen-bond acceptors (Lipinski definition) is 4. The molecule has 0 saturated carbocycles. The molecule has 1 saturated heterocycles. The summed E-state index contributed by atoms with van der Waals surface area (Å²) in [5, 5.41) is 0. The van der Waals surface area contributed by atoms with Crippen LogP contribution in [0.15, 0.2) is 54.6 Å². The molecule has 154 valence electrons. The minimum absolute atomic E-state index is 0.0269. The van der Waals surface area contributed by atoms with Crippen LogP contribution in [0, 0.1) is 0 Å². The third-order valence-electron chi connectivity index (χ3n) is 4.88. The Morgan fingerprint density at radius 1 is 0.828 bits per heavy atom. The first-order chi connectivity index (χ1) is 14.2. The lowest BCUT2D eigenvalue weighted by Crippen LogP contribution is -2.50. The van der Waals surface area contributed by atoms with Crippen LogP contribution in [0.4, 0.5) is 0 Å². The lowest BCUT2D eigenvalue weighted by molar-refractivity contribution is -0.132. The van der Waals surface area contributed by atoms with Crippen molar-refractivity contribution in [3.8, 4) is 11.5 Å². The van der Waals surface area contributed by atoms with E-state index in [0.717, 1.165) is 5.75 Å². The minimum Gasteiger partial charge on any atom is -0.490 e. The molecule has 1 fully saturated rings. The van der Waals surface area contributed by atoms with Crippen LogP contribution in [0.1, 0.15) is 30.1 Å². The molecule has 1 aliphatic heterocycles. The summed E-state index contributed by atoms with van der Waals surface area (Å²) in [6.45, 7) is 5.26. The van der Waals surface area contributed by atoms with E-state index in [1.54, 1.807) is 0 Å². The van der Waals surface area contributed by atoms with Crippen molar-refractivity contribution < 1.29 is 19.1 Å². The van der Waals surface area contributed by atoms with Crippen molar-refractivity contribution in [2.75, 3.05) is 39.4 Å². The van der Waals surface area contributed by atoms with E-state index in [1.807, 2.05) is 71.3 Å². The number of amides is 2. The smallest absolute Gasteiger partial charge is 0.253 e. The van der Waals surface area contributed by atoms with Crippen LogP contribution in [0.2, 0.25) is 0 Å². The van der Waals surface area contributed by atoms with Gasteiger partial charge in [0.05, 0.1) is 13.2 Å². The van der Waals surface area contributed by atoms with Crippen LogP contribution in [-0.4, -0.2) is 61.0 Å². The predicted molar refractivity (Wildman–Crippen MR) is 111 cm³/mol. The van der Waals surface area contributed by atoms with E-state index in [-0.39, 0.29) is 11.8 Å². The molecule has 0 aromatic heterocycles. The Hall–Kier alpha value is -3.02. The second-order valence-corrected chi connectivity index (χ2v) is 6.87. The summed E-state index contributed by atoms with van der Waals surface area (Å²) in [4.78, 5) is 28.6. The van der Waals surface area contributed by atoms with Crippen molar-refractivity contribution in [3.63, 3.8) is 0 Å². The van der Waals surface area contributed by atoms with Gasteiger partial charge in [-0.15, -0.1) is 0 Å². The van der Waals surface area contributed by atoms with E-state index >= 15 is 0 Å². The summed E-state index contributed by atoms with van der Waals surface area (Å²) >= 11 is 0. The average Bonchev–Trinajstić information content (AvgIpc) is 2.78. The summed E-state index contributed by atoms with van der Waals surface area (Å²) in [6.07, 6.45) is 1.08. The molecule has 3 rings (SSSR count). The van der Waals surface area contributed by atoms with Gasteiger partial charge in [0.2, 0.25) is 5.91 Å². The highest BCUT2D eigenvalue weighted by Crippen LogP contribution is 2.26. The van der Waals surface area contributed by atoms with Gasteiger partial charge in [-0.1, -0.05) is 30.3 Å². The van der Waals surface area contributed by atoms with Gasteiger partial charge in [-0.3, -0.25) is 9.59 Å². The van der Waals surface area contributed by atoms with Crippen molar-refractivity contribution in [1.82, 2.24) is 9.80 Å². The summed E-state index contributed by atoms with van der Waals surface area (Å²) < 4.78 is 11.3. The van der Waals surface area contributed by atoms with Gasteiger partial charge in [0, 0.05) is 38.2 Å². The first-order valence-electron chi connectivity index (χ1n) is 10.2. The maximum atomic E-state index is 12.5. The summed E-state index contributed by atoms with van der Waals surface area (Å²) in [6, 6.07) is 16.8. The van der Waals surface area contributed by atoms with E-state index in [4.69, 9.17) is 9.47 Å². The van der Waals surface area contributed by atoms with Gasteiger partial charge in [0.25, 0.3) is 5.91 Å². The molecule has 1 heterocycles. The SMILES string of the molecule is CCOc1ccccc1OCCCC(=O)N1CCN(C(=O)c2ccccc2)CC1. The van der Waals surface area contributed by atoms with E-state index in [1.165, 1.54) is 0 Å². The maximum Gasteiger partial charge on any atom is 0.253 e. The van der Waals surface area contributed by atoms with Gasteiger partial charge < -0.3 is 19.3 Å². The highest BCUT2D eigenvalue weighted by molar-refractivity contribution is 5.94. The van der Waals surface area contributed by atoms with Crippen molar-refractivity contribution in [3.05, 3.63) is 60.2 Å². The highest BCUT2D eigenvalue weighted by atomic mass is 16.5. The van der Waals surface area contributed by atoms with Crippen molar-refractivity contribution >= 4 is 11.8 Å². The third-order valence-corrected chi connectivity index (χ3v) is 4.88. The van der Waals surface area contributed by atoms with Crippen LogP contribution < -0.4 is 9.47 Å². The zero-order valence-corrected chi connectivity index (χ0v) is 16.9. The molecule has 0 N–H and O–H groups in total. The molecule has 2 amide bonds. The molecule has 6 heteroatoms. The minimum atomic E-state index is 0.0269. The molecule has 1 aliphatic rings. The average molecular weight is 396 g/mol. The van der Waals surface area contributed by atoms with Gasteiger partial charge in [-0.25, -0.2) is 0 Å². The highest BCUT2D eigenvalue weighted by Gasteiger charge is 2.24. The second-order valence-electron chi connectivity index (χ2n) is 6.87. The molecule has 29 heavy (non-hydrogen) atoms. The van der Waals surface area contributed by atoms with Crippen LogP contribution in [0.25, 0.3) is 0 Å². The van der Waals surface area contributed by atoms with E-state index in [0.29, 0.717) is 63.5 Å². The lowest BCUT2D eigenvalue weighted by atomic mass is 10.1. The molecule has 0 aliphatic carbocycles. The molecular formula is C23H28N2O4. The number of piperazine rings is 1. The van der Waals surface area contributed by atoms with Gasteiger partial charge in [-0.05, 0) is 37.6 Å². The molecule has 0 atom stereocenters. The zero-order chi connectivity index (χ0) is 20.5. The Morgan fingerprint density at radius 3 is 2.07 bits per heavy atom. The fraction of sp³-hybridized carbons (Fsp3) is 0.391. The van der Waals surface area contributed by atoms with Crippen molar-refractivity contribution in [1.29, 1.82) is 0 Å². The maximum absolute atomic E-state index is 12.5. The van der Waals surface area contributed by atoms with Gasteiger partial charge in [-0.2, -0.15) is 0 Å². The normalized spacial score (nSPS) is 13.8. The Morgan fingerprint density at radius 2 is 1.41 bits per heavy atom. The van der Waals surface area contributed by atoms with Crippen LogP contribution >= 0.6 is 0 Å². The summed E-state index contributed by atoms with van der Waals surface area (Å²) in [5.74, 6) is 1.56. The topological polar surface area (TPSA) is 59.1 Å². The van der Waals surface area contributed by atoms with E-state index in [2.05, 4.69) is 0 Å². The Bertz CT molecular complexity index is 802. The number of ether oxygens (including phenoxy) is 2. The number of hydrogen-bond donors (Lipinski definition) is 0. The number of nitrogens with zero attached hydrogens (tertiary/aromatic N) is 2. The molecule has 2 aromatic rings. The molecule has 0 bridgehead atoms. The fourth-order valence-corrected chi connectivity index (χ4v) is 3.33. The molecule has 2 aromatic carbocycles. The van der Waals surface area contributed by atoms with Gasteiger partial charge >= 0.3 is 0 Å². The molecule has 0 radical (unpaired) electrons. The number of carbonyl (C=O) groups is 2. The standard InChI is InChI=1S/C23H28N2O4/c1-2-28-20-11-6-7-12-21(20)29-18-8-13-22(26)24-14-16-25(17-15-24)23(27)19-9-4-3-5-10-19/h3-7,9-12H,2,8,13-18H2,1H3. The van der Waals surface area contributed by atoms with Crippen LogP contribution in [0.3, 0.4) is 0 Å². The van der Waals surface area contributed by atoms with E-state index in [9.17, 15) is 9.59 Å².